The first-order valence-corrected chi connectivity index (χ1v) is 9.09. The molecule has 2 fully saturated rings. The normalized spacial score (nSPS) is 17.8. The van der Waals surface area contributed by atoms with Crippen molar-refractivity contribution in [2.75, 3.05) is 24.5 Å². The maximum atomic E-state index is 12.1. The van der Waals surface area contributed by atoms with Crippen LogP contribution in [-0.4, -0.2) is 37.4 Å². The number of nitrogens with zero attached hydrogens (tertiary/aromatic N) is 1. The van der Waals surface area contributed by atoms with Crippen molar-refractivity contribution in [1.29, 1.82) is 0 Å². The molecule has 0 bridgehead atoms. The number of hydrogen-bond acceptors (Lipinski definition) is 3. The largest absolute Gasteiger partial charge is 0.354 e. The van der Waals surface area contributed by atoms with Crippen molar-refractivity contribution in [3.63, 3.8) is 0 Å². The summed E-state index contributed by atoms with van der Waals surface area (Å²) in [5.74, 6) is 0.270. The number of nitrogens with one attached hydrogen (secondary N) is 2. The highest BCUT2D eigenvalue weighted by atomic mass is 16.2. The second-order valence-corrected chi connectivity index (χ2v) is 6.83. The zero-order chi connectivity index (χ0) is 17.6. The zero-order valence-electron chi connectivity index (χ0n) is 14.4. The summed E-state index contributed by atoms with van der Waals surface area (Å²) in [5.41, 5.74) is 1.30. The van der Waals surface area contributed by atoms with E-state index in [1.54, 1.807) is 29.2 Å². The second kappa shape index (κ2) is 8.14. The van der Waals surface area contributed by atoms with Crippen LogP contribution in [0, 0.1) is 5.92 Å². The molecule has 0 radical (unpaired) electrons. The minimum absolute atomic E-state index is 0.0160. The van der Waals surface area contributed by atoms with E-state index in [2.05, 4.69) is 10.6 Å². The smallest absolute Gasteiger partial charge is 0.251 e. The van der Waals surface area contributed by atoms with Crippen molar-refractivity contribution >= 4 is 23.4 Å². The monoisotopic (exact) mass is 343 g/mol. The van der Waals surface area contributed by atoms with Crippen LogP contribution in [0.3, 0.4) is 0 Å². The molecule has 1 aromatic rings. The van der Waals surface area contributed by atoms with Crippen LogP contribution < -0.4 is 15.5 Å². The number of rotatable bonds is 6. The maximum Gasteiger partial charge on any atom is 0.251 e. The van der Waals surface area contributed by atoms with Gasteiger partial charge >= 0.3 is 0 Å². The molecule has 2 N–H and O–H groups in total. The molecule has 1 heterocycles. The molecule has 6 nitrogen and oxygen atoms in total. The molecule has 6 heteroatoms. The molecule has 1 saturated carbocycles. The summed E-state index contributed by atoms with van der Waals surface area (Å²) in [4.78, 5) is 37.4. The first-order valence-electron chi connectivity index (χ1n) is 9.09. The highest BCUT2D eigenvalue weighted by Gasteiger charge is 2.21. The highest BCUT2D eigenvalue weighted by molar-refractivity contribution is 5.98. The van der Waals surface area contributed by atoms with Gasteiger partial charge in [-0.3, -0.25) is 14.4 Å². The van der Waals surface area contributed by atoms with Gasteiger partial charge in [-0.25, -0.2) is 0 Å². The number of carbonyl (C=O) groups is 3. The number of carbonyl (C=O) groups excluding carboxylic acids is 3. The number of anilines is 1. The quantitative estimate of drug-likeness (QED) is 0.827. The van der Waals surface area contributed by atoms with Crippen molar-refractivity contribution in [2.45, 2.75) is 38.5 Å². The Balaban J connectivity index is 1.44. The highest BCUT2D eigenvalue weighted by Crippen LogP contribution is 2.23. The SMILES string of the molecule is O=C(CNC(=O)c1ccc(N2CCCC2=O)cc1)NCC1CCCC1. The van der Waals surface area contributed by atoms with Gasteiger partial charge in [-0.1, -0.05) is 12.8 Å². The zero-order valence-corrected chi connectivity index (χ0v) is 14.4. The summed E-state index contributed by atoms with van der Waals surface area (Å²) in [5, 5.41) is 5.53. The van der Waals surface area contributed by atoms with Crippen LogP contribution in [-0.2, 0) is 9.59 Å². The molecular weight excluding hydrogens is 318 g/mol. The summed E-state index contributed by atoms with van der Waals surface area (Å²) in [7, 11) is 0. The van der Waals surface area contributed by atoms with Crippen LogP contribution in [0.25, 0.3) is 0 Å². The Labute approximate surface area is 148 Å². The van der Waals surface area contributed by atoms with Gasteiger partial charge in [-0.15, -0.1) is 0 Å². The maximum absolute atomic E-state index is 12.1. The fraction of sp³-hybridized carbons (Fsp3) is 0.526. The van der Waals surface area contributed by atoms with Crippen molar-refractivity contribution in [3.05, 3.63) is 29.8 Å². The lowest BCUT2D eigenvalue weighted by Crippen LogP contribution is -2.38. The van der Waals surface area contributed by atoms with Crippen molar-refractivity contribution in [3.8, 4) is 0 Å². The van der Waals surface area contributed by atoms with E-state index in [4.69, 9.17) is 0 Å². The number of amides is 3. The fourth-order valence-corrected chi connectivity index (χ4v) is 3.51. The van der Waals surface area contributed by atoms with E-state index in [0.717, 1.165) is 18.7 Å². The van der Waals surface area contributed by atoms with E-state index >= 15 is 0 Å². The van der Waals surface area contributed by atoms with Gasteiger partial charge < -0.3 is 15.5 Å². The van der Waals surface area contributed by atoms with Crippen LogP contribution in [0.5, 0.6) is 0 Å². The van der Waals surface area contributed by atoms with Crippen LogP contribution in [0.2, 0.25) is 0 Å². The molecule has 2 aliphatic rings. The van der Waals surface area contributed by atoms with E-state index in [-0.39, 0.29) is 24.3 Å². The lowest BCUT2D eigenvalue weighted by atomic mass is 10.1. The van der Waals surface area contributed by atoms with Crippen LogP contribution in [0.1, 0.15) is 48.9 Å². The standard InChI is InChI=1S/C19H25N3O3/c23-17(20-12-14-4-1-2-5-14)13-21-19(25)15-7-9-16(10-8-15)22-11-3-6-18(22)24/h7-10,14H,1-6,11-13H2,(H,20,23)(H,21,25). The summed E-state index contributed by atoms with van der Waals surface area (Å²) < 4.78 is 0. The lowest BCUT2D eigenvalue weighted by molar-refractivity contribution is -0.120. The number of hydrogen-bond donors (Lipinski definition) is 2. The molecule has 0 unspecified atom stereocenters. The van der Waals surface area contributed by atoms with Gasteiger partial charge in [-0.05, 0) is 49.4 Å². The van der Waals surface area contributed by atoms with Gasteiger partial charge in [0, 0.05) is 30.8 Å². The van der Waals surface area contributed by atoms with E-state index in [0.29, 0.717) is 24.4 Å². The topological polar surface area (TPSA) is 78.5 Å². The average Bonchev–Trinajstić information content (AvgIpc) is 3.29. The molecule has 3 amide bonds. The van der Waals surface area contributed by atoms with Crippen LogP contribution >= 0.6 is 0 Å². The van der Waals surface area contributed by atoms with Gasteiger partial charge in [-0.2, -0.15) is 0 Å². The van der Waals surface area contributed by atoms with Crippen LogP contribution in [0.4, 0.5) is 5.69 Å². The summed E-state index contributed by atoms with van der Waals surface area (Å²) >= 11 is 0. The van der Waals surface area contributed by atoms with Crippen LogP contribution in [0.15, 0.2) is 24.3 Å². The first kappa shape index (κ1) is 17.5. The first-order chi connectivity index (χ1) is 12.1. The van der Waals surface area contributed by atoms with Gasteiger partial charge in [0.2, 0.25) is 11.8 Å². The minimum atomic E-state index is -0.282. The van der Waals surface area contributed by atoms with E-state index in [1.807, 2.05) is 0 Å². The van der Waals surface area contributed by atoms with E-state index in [9.17, 15) is 14.4 Å². The molecule has 1 aliphatic carbocycles. The van der Waals surface area contributed by atoms with E-state index < -0.39 is 0 Å². The molecule has 0 atom stereocenters. The summed E-state index contributed by atoms with van der Waals surface area (Å²) in [6.07, 6.45) is 6.30. The van der Waals surface area contributed by atoms with Gasteiger partial charge in [0.1, 0.15) is 0 Å². The van der Waals surface area contributed by atoms with Crippen molar-refractivity contribution in [2.24, 2.45) is 5.92 Å². The predicted molar refractivity (Wildman–Crippen MR) is 95.3 cm³/mol. The van der Waals surface area contributed by atoms with Gasteiger partial charge in [0.25, 0.3) is 5.91 Å². The average molecular weight is 343 g/mol. The Kier molecular flexibility index (Phi) is 5.68. The molecule has 1 aromatic carbocycles. The predicted octanol–water partition coefficient (Wildman–Crippen LogP) is 1.85. The molecule has 25 heavy (non-hydrogen) atoms. The molecule has 0 spiro atoms. The summed E-state index contributed by atoms with van der Waals surface area (Å²) in [6.45, 7) is 1.41. The third kappa shape index (κ3) is 4.59. The third-order valence-corrected chi connectivity index (χ3v) is 4.99. The summed E-state index contributed by atoms with van der Waals surface area (Å²) in [6, 6.07) is 6.93. The third-order valence-electron chi connectivity index (χ3n) is 4.99. The van der Waals surface area contributed by atoms with Gasteiger partial charge in [0.15, 0.2) is 0 Å². The molecule has 1 saturated heterocycles. The molecule has 3 rings (SSSR count). The lowest BCUT2D eigenvalue weighted by Gasteiger charge is -2.16. The molecule has 1 aliphatic heterocycles. The van der Waals surface area contributed by atoms with Gasteiger partial charge in [0.05, 0.1) is 6.54 Å². The van der Waals surface area contributed by atoms with Crippen molar-refractivity contribution < 1.29 is 14.4 Å². The minimum Gasteiger partial charge on any atom is -0.354 e. The molecule has 0 aromatic heterocycles. The Bertz CT molecular complexity index is 636. The van der Waals surface area contributed by atoms with Crippen molar-refractivity contribution in [1.82, 2.24) is 10.6 Å². The Hall–Kier alpha value is -2.37. The Morgan fingerprint density at radius 2 is 1.76 bits per heavy atom. The van der Waals surface area contributed by atoms with E-state index in [1.165, 1.54) is 25.7 Å². The molecular formula is C19H25N3O3. The Morgan fingerprint density at radius 1 is 1.04 bits per heavy atom. The second-order valence-electron chi connectivity index (χ2n) is 6.83. The number of benzene rings is 1. The molecule has 134 valence electrons. The fourth-order valence-electron chi connectivity index (χ4n) is 3.51. The Morgan fingerprint density at radius 3 is 2.40 bits per heavy atom.